The maximum Gasteiger partial charge on any atom is 0.331 e. The number of nitrogens with one attached hydrogen (secondary N) is 1. The molecule has 0 spiro atoms. The predicted octanol–water partition coefficient (Wildman–Crippen LogP) is 3.42. The van der Waals surface area contributed by atoms with E-state index in [0.29, 0.717) is 33.3 Å². The first kappa shape index (κ1) is 20.8. The van der Waals surface area contributed by atoms with Gasteiger partial charge in [-0.1, -0.05) is 17.7 Å². The summed E-state index contributed by atoms with van der Waals surface area (Å²) in [6.45, 7) is -0.466. The largest absolute Gasteiger partial charge is 0.493 e. The third kappa shape index (κ3) is 5.76. The Balaban J connectivity index is 1.92. The van der Waals surface area contributed by atoms with Crippen molar-refractivity contribution >= 4 is 35.2 Å². The zero-order valence-electron chi connectivity index (χ0n) is 15.2. The van der Waals surface area contributed by atoms with Gasteiger partial charge < -0.3 is 19.5 Å². The van der Waals surface area contributed by atoms with Gasteiger partial charge in [-0.25, -0.2) is 4.79 Å². The smallest absolute Gasteiger partial charge is 0.331 e. The third-order valence-electron chi connectivity index (χ3n) is 3.49. The van der Waals surface area contributed by atoms with Crippen molar-refractivity contribution in [1.82, 2.24) is 0 Å². The lowest BCUT2D eigenvalue weighted by atomic mass is 10.2. The van der Waals surface area contributed by atoms with E-state index in [0.717, 1.165) is 0 Å². The van der Waals surface area contributed by atoms with Crippen LogP contribution in [0.3, 0.4) is 0 Å². The van der Waals surface area contributed by atoms with Gasteiger partial charge in [-0.2, -0.15) is 5.26 Å². The summed E-state index contributed by atoms with van der Waals surface area (Å²) in [7, 11) is 2.94. The molecule has 0 bridgehead atoms. The average Bonchev–Trinajstić information content (AvgIpc) is 2.70. The van der Waals surface area contributed by atoms with Gasteiger partial charge in [0.1, 0.15) is 0 Å². The molecule has 1 amide bonds. The van der Waals surface area contributed by atoms with E-state index in [1.807, 2.05) is 6.07 Å². The van der Waals surface area contributed by atoms with Crippen LogP contribution in [0, 0.1) is 11.3 Å². The fourth-order valence-corrected chi connectivity index (χ4v) is 2.54. The molecule has 1 N–H and O–H groups in total. The van der Waals surface area contributed by atoms with Crippen LogP contribution in [0.25, 0.3) is 6.08 Å². The first-order valence-corrected chi connectivity index (χ1v) is 8.41. The average molecular weight is 401 g/mol. The van der Waals surface area contributed by atoms with Crippen molar-refractivity contribution in [2.45, 2.75) is 0 Å². The summed E-state index contributed by atoms with van der Waals surface area (Å²) in [5.74, 6) is -0.416. The van der Waals surface area contributed by atoms with E-state index in [9.17, 15) is 9.59 Å². The number of nitriles is 1. The number of methoxy groups -OCH3 is 2. The zero-order valence-corrected chi connectivity index (χ0v) is 15.9. The van der Waals surface area contributed by atoms with Crippen molar-refractivity contribution in [1.29, 1.82) is 5.26 Å². The molecule has 0 fully saturated rings. The topological polar surface area (TPSA) is 97.6 Å². The first-order chi connectivity index (χ1) is 13.5. The molecule has 7 nitrogen and oxygen atoms in total. The molecule has 0 heterocycles. The first-order valence-electron chi connectivity index (χ1n) is 8.03. The Morgan fingerprint density at radius 3 is 2.68 bits per heavy atom. The molecule has 0 saturated carbocycles. The van der Waals surface area contributed by atoms with Crippen LogP contribution in [0.2, 0.25) is 5.02 Å². The molecule has 0 aliphatic heterocycles. The van der Waals surface area contributed by atoms with E-state index in [2.05, 4.69) is 5.32 Å². The summed E-state index contributed by atoms with van der Waals surface area (Å²) in [5.41, 5.74) is 1.44. The molecule has 0 unspecified atom stereocenters. The summed E-state index contributed by atoms with van der Waals surface area (Å²) in [5, 5.41) is 11.7. The fourth-order valence-electron chi connectivity index (χ4n) is 2.25. The highest BCUT2D eigenvalue weighted by Crippen LogP contribution is 2.36. The van der Waals surface area contributed by atoms with E-state index in [1.54, 1.807) is 30.3 Å². The molecule has 0 aliphatic rings. The second kappa shape index (κ2) is 10.00. The molecule has 0 aliphatic carbocycles. The Hall–Kier alpha value is -3.50. The van der Waals surface area contributed by atoms with Gasteiger partial charge in [0.2, 0.25) is 0 Å². The molecule has 2 aromatic rings. The highest BCUT2D eigenvalue weighted by atomic mass is 35.5. The van der Waals surface area contributed by atoms with Gasteiger partial charge in [-0.05, 0) is 42.0 Å². The molecule has 28 heavy (non-hydrogen) atoms. The number of rotatable bonds is 7. The highest BCUT2D eigenvalue weighted by Gasteiger charge is 2.10. The molecule has 0 radical (unpaired) electrons. The minimum Gasteiger partial charge on any atom is -0.493 e. The van der Waals surface area contributed by atoms with E-state index in [1.165, 1.54) is 32.4 Å². The molecule has 0 aromatic heterocycles. The van der Waals surface area contributed by atoms with Gasteiger partial charge in [0.15, 0.2) is 18.1 Å². The Bertz CT molecular complexity index is 950. The summed E-state index contributed by atoms with van der Waals surface area (Å²) in [6.07, 6.45) is 2.64. The molecule has 2 rings (SSSR count). The normalized spacial score (nSPS) is 10.2. The number of nitrogens with zero attached hydrogens (tertiary/aromatic N) is 1. The van der Waals surface area contributed by atoms with Crippen LogP contribution >= 0.6 is 11.6 Å². The number of anilines is 1. The number of hydrogen-bond donors (Lipinski definition) is 1. The Labute approximate surface area is 167 Å². The van der Waals surface area contributed by atoms with Crippen LogP contribution in [-0.2, 0) is 14.3 Å². The summed E-state index contributed by atoms with van der Waals surface area (Å²) in [4.78, 5) is 23.7. The monoisotopic (exact) mass is 400 g/mol. The number of carbonyl (C=O) groups excluding carboxylic acids is 2. The molecule has 8 heteroatoms. The second-order valence-corrected chi connectivity index (χ2v) is 5.83. The van der Waals surface area contributed by atoms with E-state index in [-0.39, 0.29) is 0 Å². The summed E-state index contributed by atoms with van der Waals surface area (Å²) < 4.78 is 15.2. The van der Waals surface area contributed by atoms with Gasteiger partial charge in [-0.15, -0.1) is 0 Å². The van der Waals surface area contributed by atoms with Crippen molar-refractivity contribution in [2.24, 2.45) is 0 Å². The number of halogens is 1. The second-order valence-electron chi connectivity index (χ2n) is 5.42. The molecule has 144 valence electrons. The van der Waals surface area contributed by atoms with Crippen molar-refractivity contribution in [3.8, 4) is 17.6 Å². The quantitative estimate of drug-likeness (QED) is 0.565. The number of esters is 1. The standard InChI is InChI=1S/C20H17ClN2O5/c1-26-17-10-13(9-16(21)20(17)27-2)6-7-19(25)28-12-18(24)23-15-5-3-4-14(8-15)11-22/h3-10H,12H2,1-2H3,(H,23,24)/b7-6+. The van der Waals surface area contributed by atoms with Crippen LogP contribution in [-0.4, -0.2) is 32.7 Å². The van der Waals surface area contributed by atoms with Crippen LogP contribution in [0.1, 0.15) is 11.1 Å². The highest BCUT2D eigenvalue weighted by molar-refractivity contribution is 6.32. The number of carbonyl (C=O) groups is 2. The number of hydrogen-bond acceptors (Lipinski definition) is 6. The molecular weight excluding hydrogens is 384 g/mol. The maximum atomic E-state index is 11.8. The van der Waals surface area contributed by atoms with Crippen molar-refractivity contribution < 1.29 is 23.8 Å². The minimum atomic E-state index is -0.702. The zero-order chi connectivity index (χ0) is 20.5. The fraction of sp³-hybridized carbons (Fsp3) is 0.150. The van der Waals surface area contributed by atoms with Crippen LogP contribution in [0.4, 0.5) is 5.69 Å². The molecule has 2 aromatic carbocycles. The summed E-state index contributed by atoms with van der Waals surface area (Å²) in [6, 6.07) is 11.6. The van der Waals surface area contributed by atoms with Gasteiger partial charge in [0.25, 0.3) is 5.91 Å². The van der Waals surface area contributed by atoms with Crippen LogP contribution in [0.15, 0.2) is 42.5 Å². The number of amides is 1. The van der Waals surface area contributed by atoms with Crippen molar-refractivity contribution in [3.05, 3.63) is 58.6 Å². The van der Waals surface area contributed by atoms with E-state index >= 15 is 0 Å². The van der Waals surface area contributed by atoms with Crippen molar-refractivity contribution in [2.75, 3.05) is 26.1 Å². The lowest BCUT2D eigenvalue weighted by molar-refractivity contribution is -0.142. The lowest BCUT2D eigenvalue weighted by Crippen LogP contribution is -2.20. The Morgan fingerprint density at radius 1 is 1.21 bits per heavy atom. The van der Waals surface area contributed by atoms with Crippen molar-refractivity contribution in [3.63, 3.8) is 0 Å². The molecule has 0 atom stereocenters. The SMILES string of the molecule is COc1cc(/C=C/C(=O)OCC(=O)Nc2cccc(C#N)c2)cc(Cl)c1OC. The van der Waals surface area contributed by atoms with Crippen LogP contribution in [0.5, 0.6) is 11.5 Å². The van der Waals surface area contributed by atoms with Gasteiger partial charge in [0.05, 0.1) is 30.9 Å². The summed E-state index contributed by atoms with van der Waals surface area (Å²) >= 11 is 6.10. The number of benzene rings is 2. The van der Waals surface area contributed by atoms with Crippen LogP contribution < -0.4 is 14.8 Å². The molecule has 0 saturated heterocycles. The minimum absolute atomic E-state index is 0.328. The van der Waals surface area contributed by atoms with Gasteiger partial charge in [0, 0.05) is 11.8 Å². The lowest BCUT2D eigenvalue weighted by Gasteiger charge is -2.10. The molecular formula is C20H17ClN2O5. The third-order valence-corrected chi connectivity index (χ3v) is 3.77. The van der Waals surface area contributed by atoms with Gasteiger partial charge in [-0.3, -0.25) is 4.79 Å². The Kier molecular flexibility index (Phi) is 7.43. The van der Waals surface area contributed by atoms with E-state index < -0.39 is 18.5 Å². The van der Waals surface area contributed by atoms with Gasteiger partial charge >= 0.3 is 5.97 Å². The Morgan fingerprint density at radius 2 is 2.00 bits per heavy atom. The maximum absolute atomic E-state index is 11.8. The number of ether oxygens (including phenoxy) is 3. The predicted molar refractivity (Wildman–Crippen MR) is 104 cm³/mol. The van der Waals surface area contributed by atoms with E-state index in [4.69, 9.17) is 31.1 Å².